The van der Waals surface area contributed by atoms with Gasteiger partial charge in [0.1, 0.15) is 0 Å². The predicted molar refractivity (Wildman–Crippen MR) is 113 cm³/mol. The van der Waals surface area contributed by atoms with E-state index in [9.17, 15) is 9.59 Å². The van der Waals surface area contributed by atoms with E-state index in [1.807, 2.05) is 31.2 Å². The van der Waals surface area contributed by atoms with Gasteiger partial charge < -0.3 is 10.6 Å². The molecule has 2 aromatic rings. The highest BCUT2D eigenvalue weighted by atomic mass is 32.1. The fourth-order valence-electron chi connectivity index (χ4n) is 3.71. The molecule has 150 valence electrons. The number of benzene rings is 1. The van der Waals surface area contributed by atoms with Gasteiger partial charge in [0.2, 0.25) is 11.8 Å². The molecule has 2 heterocycles. The number of nitrogens with one attached hydrogen (secondary N) is 2. The lowest BCUT2D eigenvalue weighted by atomic mass is 10.0. The number of nitrogens with zero attached hydrogens (tertiary/aromatic N) is 1. The topological polar surface area (TPSA) is 61.4 Å². The lowest BCUT2D eigenvalue weighted by Gasteiger charge is -2.27. The van der Waals surface area contributed by atoms with Crippen LogP contribution in [-0.2, 0) is 9.59 Å². The van der Waals surface area contributed by atoms with Crippen LogP contribution in [0.15, 0.2) is 41.8 Å². The Balaban J connectivity index is 1.62. The Bertz CT molecular complexity index is 768. The van der Waals surface area contributed by atoms with Crippen LogP contribution in [0.25, 0.3) is 0 Å². The quantitative estimate of drug-likeness (QED) is 0.713. The summed E-state index contributed by atoms with van der Waals surface area (Å²) in [5, 5.41) is 8.10. The van der Waals surface area contributed by atoms with E-state index in [1.165, 1.54) is 24.6 Å². The number of hydrogen-bond donors (Lipinski definition) is 2. The van der Waals surface area contributed by atoms with Crippen LogP contribution in [0.2, 0.25) is 0 Å². The van der Waals surface area contributed by atoms with Gasteiger partial charge in [0.25, 0.3) is 0 Å². The monoisotopic (exact) mass is 399 g/mol. The van der Waals surface area contributed by atoms with Gasteiger partial charge in [-0.05, 0) is 49.9 Å². The Morgan fingerprint density at radius 3 is 2.46 bits per heavy atom. The fraction of sp³-hybridized carbons (Fsp3) is 0.455. The summed E-state index contributed by atoms with van der Waals surface area (Å²) in [5.74, 6) is -0.174. The second-order valence-electron chi connectivity index (χ2n) is 7.45. The molecule has 3 rings (SSSR count). The number of rotatable bonds is 8. The van der Waals surface area contributed by atoms with Gasteiger partial charge in [0.05, 0.1) is 18.5 Å². The molecule has 5 nitrogen and oxygen atoms in total. The number of likely N-dealkylation sites (tertiary alicyclic amines) is 1. The molecule has 0 spiro atoms. The highest BCUT2D eigenvalue weighted by Crippen LogP contribution is 2.28. The van der Waals surface area contributed by atoms with Crippen molar-refractivity contribution in [3.8, 4) is 0 Å². The largest absolute Gasteiger partial charge is 0.354 e. The lowest BCUT2D eigenvalue weighted by Crippen LogP contribution is -2.38. The van der Waals surface area contributed by atoms with Gasteiger partial charge in [0.15, 0.2) is 0 Å². The standard InChI is InChI=1S/C22H29N3O2S/c1-16-7-9-18(10-8-16)19(24-17(2)26)14-22(27)23-15-20(21-6-5-13-28-21)25-11-3-4-12-25/h5-10,13,19-20H,3-4,11-12,14-15H2,1-2H3,(H,23,27)(H,24,26). The predicted octanol–water partition coefficient (Wildman–Crippen LogP) is 3.58. The molecule has 2 unspecified atom stereocenters. The van der Waals surface area contributed by atoms with E-state index in [4.69, 9.17) is 0 Å². The Kier molecular flexibility index (Phi) is 7.23. The second kappa shape index (κ2) is 9.85. The van der Waals surface area contributed by atoms with Crippen molar-refractivity contribution in [2.75, 3.05) is 19.6 Å². The van der Waals surface area contributed by atoms with Gasteiger partial charge >= 0.3 is 0 Å². The summed E-state index contributed by atoms with van der Waals surface area (Å²) in [6.07, 6.45) is 2.67. The molecular weight excluding hydrogens is 370 g/mol. The minimum absolute atomic E-state index is 0.0416. The highest BCUT2D eigenvalue weighted by Gasteiger charge is 2.25. The summed E-state index contributed by atoms with van der Waals surface area (Å²) < 4.78 is 0. The number of carbonyl (C=O) groups is 2. The van der Waals surface area contributed by atoms with Crippen molar-refractivity contribution in [2.45, 2.75) is 45.2 Å². The number of hydrogen-bond acceptors (Lipinski definition) is 4. The zero-order chi connectivity index (χ0) is 19.9. The van der Waals surface area contributed by atoms with Crippen molar-refractivity contribution in [2.24, 2.45) is 0 Å². The highest BCUT2D eigenvalue weighted by molar-refractivity contribution is 7.10. The van der Waals surface area contributed by atoms with Crippen LogP contribution in [0, 0.1) is 6.92 Å². The molecule has 6 heteroatoms. The zero-order valence-electron chi connectivity index (χ0n) is 16.6. The Morgan fingerprint density at radius 1 is 1.14 bits per heavy atom. The Morgan fingerprint density at radius 2 is 1.86 bits per heavy atom. The van der Waals surface area contributed by atoms with Crippen LogP contribution < -0.4 is 10.6 Å². The van der Waals surface area contributed by atoms with Crippen molar-refractivity contribution in [3.05, 3.63) is 57.8 Å². The maximum absolute atomic E-state index is 12.7. The molecule has 1 aromatic carbocycles. The fourth-order valence-corrected chi connectivity index (χ4v) is 4.57. The number of amides is 2. The molecular formula is C22H29N3O2S. The van der Waals surface area contributed by atoms with Gasteiger partial charge in [0, 0.05) is 18.3 Å². The van der Waals surface area contributed by atoms with Crippen LogP contribution in [0.3, 0.4) is 0 Å². The van der Waals surface area contributed by atoms with E-state index >= 15 is 0 Å². The summed E-state index contributed by atoms with van der Waals surface area (Å²) in [7, 11) is 0. The summed E-state index contributed by atoms with van der Waals surface area (Å²) >= 11 is 1.74. The lowest BCUT2D eigenvalue weighted by molar-refractivity contribution is -0.123. The molecule has 28 heavy (non-hydrogen) atoms. The van der Waals surface area contributed by atoms with Gasteiger partial charge in [-0.2, -0.15) is 0 Å². The molecule has 0 aliphatic carbocycles. The molecule has 2 N–H and O–H groups in total. The maximum Gasteiger partial charge on any atom is 0.222 e. The molecule has 0 saturated carbocycles. The molecule has 1 aliphatic rings. The molecule has 2 atom stereocenters. The summed E-state index contributed by atoms with van der Waals surface area (Å²) in [4.78, 5) is 28.1. The van der Waals surface area contributed by atoms with E-state index < -0.39 is 0 Å². The number of thiophene rings is 1. The summed E-state index contributed by atoms with van der Waals surface area (Å²) in [5.41, 5.74) is 2.10. The number of carbonyl (C=O) groups excluding carboxylic acids is 2. The maximum atomic E-state index is 12.7. The van der Waals surface area contributed by atoms with E-state index in [-0.39, 0.29) is 30.3 Å². The first-order valence-corrected chi connectivity index (χ1v) is 10.8. The Labute approximate surface area is 171 Å². The van der Waals surface area contributed by atoms with Crippen LogP contribution in [0.5, 0.6) is 0 Å². The van der Waals surface area contributed by atoms with E-state index in [1.54, 1.807) is 11.3 Å². The van der Waals surface area contributed by atoms with E-state index in [0.717, 1.165) is 24.2 Å². The van der Waals surface area contributed by atoms with Crippen LogP contribution in [0.1, 0.15) is 54.3 Å². The third-order valence-electron chi connectivity index (χ3n) is 5.19. The second-order valence-corrected chi connectivity index (χ2v) is 8.43. The normalized spacial score (nSPS) is 16.5. The first kappa shape index (κ1) is 20.6. The molecule has 0 radical (unpaired) electrons. The third-order valence-corrected chi connectivity index (χ3v) is 6.17. The van der Waals surface area contributed by atoms with Crippen molar-refractivity contribution < 1.29 is 9.59 Å². The molecule has 1 saturated heterocycles. The van der Waals surface area contributed by atoms with E-state index in [0.29, 0.717) is 6.54 Å². The van der Waals surface area contributed by atoms with Crippen molar-refractivity contribution in [1.82, 2.24) is 15.5 Å². The van der Waals surface area contributed by atoms with Crippen molar-refractivity contribution in [3.63, 3.8) is 0 Å². The van der Waals surface area contributed by atoms with Crippen molar-refractivity contribution in [1.29, 1.82) is 0 Å². The van der Waals surface area contributed by atoms with Gasteiger partial charge in [-0.3, -0.25) is 14.5 Å². The number of aryl methyl sites for hydroxylation is 1. The first-order chi connectivity index (χ1) is 13.5. The van der Waals surface area contributed by atoms with E-state index in [2.05, 4.69) is 33.0 Å². The van der Waals surface area contributed by atoms with Crippen LogP contribution in [0.4, 0.5) is 0 Å². The van der Waals surface area contributed by atoms with Crippen LogP contribution in [-0.4, -0.2) is 36.3 Å². The van der Waals surface area contributed by atoms with Crippen molar-refractivity contribution >= 4 is 23.2 Å². The van der Waals surface area contributed by atoms with Gasteiger partial charge in [-0.15, -0.1) is 11.3 Å². The zero-order valence-corrected chi connectivity index (χ0v) is 17.4. The summed E-state index contributed by atoms with van der Waals surface area (Å²) in [6.45, 7) is 6.26. The van der Waals surface area contributed by atoms with Gasteiger partial charge in [-0.25, -0.2) is 0 Å². The Hall–Kier alpha value is -2.18. The minimum Gasteiger partial charge on any atom is -0.354 e. The molecule has 1 aliphatic heterocycles. The first-order valence-electron chi connectivity index (χ1n) is 9.91. The van der Waals surface area contributed by atoms with Gasteiger partial charge in [-0.1, -0.05) is 35.9 Å². The smallest absolute Gasteiger partial charge is 0.222 e. The minimum atomic E-state index is -0.315. The average molecular weight is 400 g/mol. The third kappa shape index (κ3) is 5.66. The summed E-state index contributed by atoms with van der Waals surface area (Å²) in [6, 6.07) is 12.1. The molecule has 1 fully saturated rings. The molecule has 0 bridgehead atoms. The SMILES string of the molecule is CC(=O)NC(CC(=O)NCC(c1cccs1)N1CCCC1)c1ccc(C)cc1. The molecule has 2 amide bonds. The van der Waals surface area contributed by atoms with Crippen LogP contribution >= 0.6 is 11.3 Å². The molecule has 1 aromatic heterocycles. The average Bonchev–Trinajstić information content (AvgIpc) is 3.36.